The van der Waals surface area contributed by atoms with Crippen molar-refractivity contribution in [3.63, 3.8) is 0 Å². The van der Waals surface area contributed by atoms with Gasteiger partial charge in [0.05, 0.1) is 7.11 Å². The number of benzene rings is 1. The molecule has 5 N–H and O–H groups in total. The fourth-order valence-corrected chi connectivity index (χ4v) is 1.46. The van der Waals surface area contributed by atoms with E-state index in [1.165, 1.54) is 0 Å². The summed E-state index contributed by atoms with van der Waals surface area (Å²) in [5.41, 5.74) is 12.1. The first-order chi connectivity index (χ1) is 7.19. The summed E-state index contributed by atoms with van der Waals surface area (Å²) in [6.45, 7) is 0.616. The molecule has 4 heteroatoms. The van der Waals surface area contributed by atoms with Gasteiger partial charge in [0, 0.05) is 17.7 Å². The van der Waals surface area contributed by atoms with Crippen molar-refractivity contribution in [1.29, 1.82) is 0 Å². The molecule has 0 amide bonds. The van der Waals surface area contributed by atoms with Crippen molar-refractivity contribution in [3.05, 3.63) is 23.8 Å². The van der Waals surface area contributed by atoms with Crippen molar-refractivity contribution in [1.82, 2.24) is 0 Å². The fourth-order valence-electron chi connectivity index (χ4n) is 1.46. The van der Waals surface area contributed by atoms with Gasteiger partial charge in [0.25, 0.3) is 0 Å². The first-order valence-corrected chi connectivity index (χ1v) is 5.01. The van der Waals surface area contributed by atoms with E-state index in [0.29, 0.717) is 12.3 Å². The molecule has 0 unspecified atom stereocenters. The van der Waals surface area contributed by atoms with Crippen LogP contribution in [-0.2, 0) is 0 Å². The topological polar surface area (TPSA) is 81.5 Å². The van der Waals surface area contributed by atoms with Gasteiger partial charge in [-0.3, -0.25) is 0 Å². The molecule has 0 aliphatic rings. The second-order valence-electron chi connectivity index (χ2n) is 3.46. The summed E-state index contributed by atoms with van der Waals surface area (Å²) >= 11 is 0. The molecule has 4 nitrogen and oxygen atoms in total. The Morgan fingerprint density at radius 3 is 2.73 bits per heavy atom. The third-order valence-corrected chi connectivity index (χ3v) is 2.36. The summed E-state index contributed by atoms with van der Waals surface area (Å²) in [5.74, 6) is 0.807. The van der Waals surface area contributed by atoms with Crippen molar-refractivity contribution < 1.29 is 9.84 Å². The second-order valence-corrected chi connectivity index (χ2v) is 3.46. The highest BCUT2D eigenvalue weighted by Gasteiger charge is 2.10. The van der Waals surface area contributed by atoms with Crippen molar-refractivity contribution in [2.75, 3.05) is 13.7 Å². The Hall–Kier alpha value is -1.26. The SMILES string of the molecule is COc1ccc([C@H](N)CCCN)c(O)c1. The molecule has 0 bridgehead atoms. The largest absolute Gasteiger partial charge is 0.507 e. The molecule has 1 aromatic carbocycles. The Bertz CT molecular complexity index is 315. The summed E-state index contributed by atoms with van der Waals surface area (Å²) in [6.07, 6.45) is 1.63. The minimum absolute atomic E-state index is 0.167. The number of aromatic hydroxyl groups is 1. The monoisotopic (exact) mass is 210 g/mol. The summed E-state index contributed by atoms with van der Waals surface area (Å²) in [7, 11) is 1.56. The van der Waals surface area contributed by atoms with E-state index in [1.807, 2.05) is 0 Å². The molecule has 0 aromatic heterocycles. The molecule has 0 fully saturated rings. The van der Waals surface area contributed by atoms with E-state index in [1.54, 1.807) is 25.3 Å². The maximum absolute atomic E-state index is 9.70. The molecular formula is C11H18N2O2. The van der Waals surface area contributed by atoms with Crippen LogP contribution in [0.3, 0.4) is 0 Å². The molecule has 0 spiro atoms. The molecule has 84 valence electrons. The molecule has 1 atom stereocenters. The molecule has 0 radical (unpaired) electrons. The van der Waals surface area contributed by atoms with Crippen LogP contribution in [0, 0.1) is 0 Å². The number of rotatable bonds is 5. The summed E-state index contributed by atoms with van der Waals surface area (Å²) in [4.78, 5) is 0. The molecular weight excluding hydrogens is 192 g/mol. The Kier molecular flexibility index (Phi) is 4.39. The number of phenols is 1. The van der Waals surface area contributed by atoms with Crippen molar-refractivity contribution in [2.24, 2.45) is 11.5 Å². The zero-order valence-electron chi connectivity index (χ0n) is 8.94. The average molecular weight is 210 g/mol. The van der Waals surface area contributed by atoms with Gasteiger partial charge in [-0.25, -0.2) is 0 Å². The van der Waals surface area contributed by atoms with Crippen LogP contribution in [0.2, 0.25) is 0 Å². The molecule has 0 aliphatic carbocycles. The standard InChI is InChI=1S/C11H18N2O2/c1-15-8-4-5-9(11(14)7-8)10(13)3-2-6-12/h4-5,7,10,14H,2-3,6,12-13H2,1H3/t10-/m1/s1. The predicted molar refractivity (Wildman–Crippen MR) is 59.9 cm³/mol. The van der Waals surface area contributed by atoms with E-state index in [0.717, 1.165) is 18.4 Å². The van der Waals surface area contributed by atoms with Gasteiger partial charge in [0.15, 0.2) is 0 Å². The Labute approximate surface area is 89.8 Å². The number of hydrogen-bond donors (Lipinski definition) is 3. The van der Waals surface area contributed by atoms with Gasteiger partial charge < -0.3 is 21.3 Å². The van der Waals surface area contributed by atoms with Gasteiger partial charge in [0.2, 0.25) is 0 Å². The van der Waals surface area contributed by atoms with Crippen molar-refractivity contribution in [3.8, 4) is 11.5 Å². The lowest BCUT2D eigenvalue weighted by Gasteiger charge is -2.13. The van der Waals surface area contributed by atoms with Crippen LogP contribution in [0.4, 0.5) is 0 Å². The van der Waals surface area contributed by atoms with Gasteiger partial charge in [-0.2, -0.15) is 0 Å². The third-order valence-electron chi connectivity index (χ3n) is 2.36. The van der Waals surface area contributed by atoms with Gasteiger partial charge in [-0.15, -0.1) is 0 Å². The van der Waals surface area contributed by atoms with Gasteiger partial charge in [-0.05, 0) is 25.5 Å². The molecule has 0 aliphatic heterocycles. The summed E-state index contributed by atoms with van der Waals surface area (Å²) < 4.78 is 4.99. The van der Waals surface area contributed by atoms with Crippen LogP contribution in [0.25, 0.3) is 0 Å². The minimum atomic E-state index is -0.167. The van der Waals surface area contributed by atoms with Gasteiger partial charge in [-0.1, -0.05) is 6.07 Å². The predicted octanol–water partition coefficient (Wildman–Crippen LogP) is 1.14. The highest BCUT2D eigenvalue weighted by atomic mass is 16.5. The van der Waals surface area contributed by atoms with Gasteiger partial charge >= 0.3 is 0 Å². The maximum atomic E-state index is 9.70. The van der Waals surface area contributed by atoms with Crippen molar-refractivity contribution in [2.45, 2.75) is 18.9 Å². The van der Waals surface area contributed by atoms with E-state index in [2.05, 4.69) is 0 Å². The molecule has 0 heterocycles. The van der Waals surface area contributed by atoms with E-state index < -0.39 is 0 Å². The summed E-state index contributed by atoms with van der Waals surface area (Å²) in [5, 5.41) is 9.70. The smallest absolute Gasteiger partial charge is 0.124 e. The zero-order chi connectivity index (χ0) is 11.3. The molecule has 0 saturated heterocycles. The molecule has 1 aromatic rings. The summed E-state index contributed by atoms with van der Waals surface area (Å²) in [6, 6.07) is 4.98. The lowest BCUT2D eigenvalue weighted by atomic mass is 10.0. The van der Waals surface area contributed by atoms with Crippen LogP contribution in [0.1, 0.15) is 24.4 Å². The quantitative estimate of drug-likeness (QED) is 0.680. The van der Waals surface area contributed by atoms with Gasteiger partial charge in [0.1, 0.15) is 11.5 Å². The Balaban J connectivity index is 2.76. The molecule has 1 rings (SSSR count). The third kappa shape index (κ3) is 3.11. The van der Waals surface area contributed by atoms with E-state index in [9.17, 15) is 5.11 Å². The number of hydrogen-bond acceptors (Lipinski definition) is 4. The minimum Gasteiger partial charge on any atom is -0.507 e. The van der Waals surface area contributed by atoms with Crippen molar-refractivity contribution >= 4 is 0 Å². The highest BCUT2D eigenvalue weighted by molar-refractivity contribution is 5.41. The van der Waals surface area contributed by atoms with Crippen LogP contribution < -0.4 is 16.2 Å². The van der Waals surface area contributed by atoms with E-state index in [4.69, 9.17) is 16.2 Å². The lowest BCUT2D eigenvalue weighted by molar-refractivity contribution is 0.404. The normalized spacial score (nSPS) is 12.5. The zero-order valence-corrected chi connectivity index (χ0v) is 8.94. The van der Waals surface area contributed by atoms with Crippen LogP contribution in [-0.4, -0.2) is 18.8 Å². The van der Waals surface area contributed by atoms with Crippen LogP contribution >= 0.6 is 0 Å². The number of phenolic OH excluding ortho intramolecular Hbond substituents is 1. The van der Waals surface area contributed by atoms with Crippen LogP contribution in [0.5, 0.6) is 11.5 Å². The molecule has 0 saturated carbocycles. The van der Waals surface area contributed by atoms with Crippen LogP contribution in [0.15, 0.2) is 18.2 Å². The molecule has 15 heavy (non-hydrogen) atoms. The highest BCUT2D eigenvalue weighted by Crippen LogP contribution is 2.29. The Morgan fingerprint density at radius 2 is 2.20 bits per heavy atom. The second kappa shape index (κ2) is 5.58. The average Bonchev–Trinajstić information content (AvgIpc) is 2.25. The van der Waals surface area contributed by atoms with E-state index >= 15 is 0 Å². The first-order valence-electron chi connectivity index (χ1n) is 5.01. The number of methoxy groups -OCH3 is 1. The number of nitrogens with two attached hydrogens (primary N) is 2. The Morgan fingerprint density at radius 1 is 1.47 bits per heavy atom. The first kappa shape index (κ1) is 11.8. The lowest BCUT2D eigenvalue weighted by Crippen LogP contribution is -2.12. The van der Waals surface area contributed by atoms with E-state index in [-0.39, 0.29) is 11.8 Å². The number of ether oxygens (including phenoxy) is 1. The fraction of sp³-hybridized carbons (Fsp3) is 0.455. The maximum Gasteiger partial charge on any atom is 0.124 e.